The van der Waals surface area contributed by atoms with Crippen LogP contribution >= 0.6 is 12.4 Å². The Morgan fingerprint density at radius 1 is 1.25 bits per heavy atom. The number of rotatable bonds is 4. The van der Waals surface area contributed by atoms with Crippen molar-refractivity contribution in [2.24, 2.45) is 5.73 Å². The lowest BCUT2D eigenvalue weighted by atomic mass is 9.97. The summed E-state index contributed by atoms with van der Waals surface area (Å²) in [5, 5.41) is 10.9. The first-order valence-electron chi connectivity index (χ1n) is 9.46. The van der Waals surface area contributed by atoms with E-state index in [0.717, 1.165) is 38.5 Å². The van der Waals surface area contributed by atoms with E-state index in [9.17, 15) is 8.42 Å². The van der Waals surface area contributed by atoms with Crippen molar-refractivity contribution >= 4 is 22.4 Å². The van der Waals surface area contributed by atoms with E-state index >= 15 is 0 Å². The van der Waals surface area contributed by atoms with Gasteiger partial charge in [0.05, 0.1) is 22.8 Å². The number of nitrogens with two attached hydrogens (primary N) is 1. The molecule has 3 N–H and O–H groups in total. The van der Waals surface area contributed by atoms with Gasteiger partial charge in [-0.15, -0.1) is 12.4 Å². The number of aryl methyl sites for hydroxylation is 2. The number of hydrogen-bond donors (Lipinski definition) is 2. The Kier molecular flexibility index (Phi) is 5.86. The molecule has 1 saturated heterocycles. The molecule has 2 fully saturated rings. The topological polar surface area (TPSA) is 131 Å². The summed E-state index contributed by atoms with van der Waals surface area (Å²) in [6.45, 7) is 4.22. The molecule has 1 aliphatic heterocycles. The summed E-state index contributed by atoms with van der Waals surface area (Å²) in [5.41, 5.74) is 6.95. The van der Waals surface area contributed by atoms with Crippen molar-refractivity contribution in [3.05, 3.63) is 23.1 Å². The fourth-order valence-electron chi connectivity index (χ4n) is 4.24. The minimum atomic E-state index is -3.62. The van der Waals surface area contributed by atoms with Gasteiger partial charge in [-0.25, -0.2) is 8.42 Å². The molecule has 2 aromatic heterocycles. The van der Waals surface area contributed by atoms with Crippen LogP contribution in [-0.4, -0.2) is 46.2 Å². The van der Waals surface area contributed by atoms with E-state index in [2.05, 4.69) is 20.3 Å². The van der Waals surface area contributed by atoms with Gasteiger partial charge in [-0.05, 0) is 39.5 Å². The smallest absolute Gasteiger partial charge is 0.246 e. The van der Waals surface area contributed by atoms with Crippen LogP contribution in [0, 0.1) is 13.8 Å². The largest absolute Gasteiger partial charge is 0.339 e. The van der Waals surface area contributed by atoms with E-state index in [1.54, 1.807) is 13.8 Å². The Labute approximate surface area is 170 Å². The second-order valence-electron chi connectivity index (χ2n) is 7.78. The summed E-state index contributed by atoms with van der Waals surface area (Å²) in [4.78, 5) is 4.82. The van der Waals surface area contributed by atoms with Gasteiger partial charge in [-0.2, -0.15) is 14.4 Å². The fraction of sp³-hybridized carbons (Fsp3) is 0.706. The number of aromatic amines is 1. The summed E-state index contributed by atoms with van der Waals surface area (Å²) in [6.07, 6.45) is 5.41. The van der Waals surface area contributed by atoms with Crippen molar-refractivity contribution in [3.63, 3.8) is 0 Å². The molecule has 4 rings (SSSR count). The average molecular weight is 431 g/mol. The van der Waals surface area contributed by atoms with Crippen LogP contribution in [0.3, 0.4) is 0 Å². The predicted molar refractivity (Wildman–Crippen MR) is 105 cm³/mol. The molecule has 1 unspecified atom stereocenters. The number of nitrogens with zero attached hydrogens (tertiary/aromatic N) is 4. The van der Waals surface area contributed by atoms with E-state index < -0.39 is 15.6 Å². The molecule has 0 radical (unpaired) electrons. The molecule has 1 atom stereocenters. The van der Waals surface area contributed by atoms with Crippen molar-refractivity contribution in [1.29, 1.82) is 0 Å². The van der Waals surface area contributed by atoms with Crippen LogP contribution < -0.4 is 5.73 Å². The lowest BCUT2D eigenvalue weighted by Gasteiger charge is -2.30. The van der Waals surface area contributed by atoms with Crippen molar-refractivity contribution < 1.29 is 12.9 Å². The minimum Gasteiger partial charge on any atom is -0.339 e. The lowest BCUT2D eigenvalue weighted by Crippen LogP contribution is -2.39. The summed E-state index contributed by atoms with van der Waals surface area (Å²) in [5.74, 6) is 0.922. The van der Waals surface area contributed by atoms with Crippen molar-refractivity contribution in [1.82, 2.24) is 24.6 Å². The van der Waals surface area contributed by atoms with Gasteiger partial charge in [0.2, 0.25) is 15.9 Å². The minimum absolute atomic E-state index is 0. The van der Waals surface area contributed by atoms with Gasteiger partial charge in [-0.3, -0.25) is 5.10 Å². The van der Waals surface area contributed by atoms with E-state index in [-0.39, 0.29) is 23.2 Å². The molecule has 0 amide bonds. The number of aromatic nitrogens is 4. The lowest BCUT2D eigenvalue weighted by molar-refractivity contribution is 0.263. The summed E-state index contributed by atoms with van der Waals surface area (Å²) in [7, 11) is -3.62. The molecule has 2 aromatic rings. The quantitative estimate of drug-likeness (QED) is 0.759. The van der Waals surface area contributed by atoms with Crippen LogP contribution in [0.25, 0.3) is 0 Å². The molecule has 2 aliphatic rings. The Balaban J connectivity index is 0.00000225. The summed E-state index contributed by atoms with van der Waals surface area (Å²) >= 11 is 0. The maximum Gasteiger partial charge on any atom is 0.246 e. The Bertz CT molecular complexity index is 915. The molecular weight excluding hydrogens is 404 g/mol. The highest BCUT2D eigenvalue weighted by molar-refractivity contribution is 7.89. The Hall–Kier alpha value is -1.49. The number of piperidine rings is 1. The third kappa shape index (κ3) is 3.58. The molecule has 3 heterocycles. The molecule has 0 bridgehead atoms. The SMILES string of the molecule is Cc1n[nH]c(C)c1S(=O)(=O)N1CCCC(c2nc(C3(N)CCCC3)no2)C1.Cl. The normalized spacial score (nSPS) is 22.9. The van der Waals surface area contributed by atoms with E-state index in [0.29, 0.717) is 36.2 Å². The van der Waals surface area contributed by atoms with E-state index in [1.165, 1.54) is 4.31 Å². The van der Waals surface area contributed by atoms with E-state index in [4.69, 9.17) is 10.3 Å². The van der Waals surface area contributed by atoms with E-state index in [1.807, 2.05) is 0 Å². The molecule has 11 heteroatoms. The van der Waals surface area contributed by atoms with Crippen molar-refractivity contribution in [2.45, 2.75) is 68.7 Å². The predicted octanol–water partition coefficient (Wildman–Crippen LogP) is 2.13. The van der Waals surface area contributed by atoms with Crippen LogP contribution in [0.15, 0.2) is 9.42 Å². The number of halogens is 1. The van der Waals surface area contributed by atoms with Crippen LogP contribution in [0.5, 0.6) is 0 Å². The van der Waals surface area contributed by atoms with Crippen LogP contribution in [-0.2, 0) is 15.6 Å². The fourth-order valence-corrected chi connectivity index (χ4v) is 6.10. The first-order valence-corrected chi connectivity index (χ1v) is 10.9. The highest BCUT2D eigenvalue weighted by atomic mass is 35.5. The molecule has 9 nitrogen and oxygen atoms in total. The standard InChI is InChI=1S/C17H26N6O3S.ClH/c1-11-14(12(2)21-20-11)27(24,25)23-9-5-6-13(10-23)15-19-16(22-26-15)17(18)7-3-4-8-17;/h13H,3-10,18H2,1-2H3,(H,20,21);1H. The molecule has 1 saturated carbocycles. The molecule has 0 aromatic carbocycles. The van der Waals surface area contributed by atoms with Crippen LogP contribution in [0.1, 0.15) is 67.5 Å². The first-order chi connectivity index (χ1) is 12.8. The third-order valence-electron chi connectivity index (χ3n) is 5.77. The van der Waals surface area contributed by atoms with Crippen LogP contribution in [0.4, 0.5) is 0 Å². The zero-order valence-corrected chi connectivity index (χ0v) is 17.8. The number of nitrogens with one attached hydrogen (secondary N) is 1. The van der Waals surface area contributed by atoms with Gasteiger partial charge in [0, 0.05) is 13.1 Å². The maximum absolute atomic E-state index is 13.1. The zero-order valence-electron chi connectivity index (χ0n) is 16.1. The number of sulfonamides is 1. The Morgan fingerprint density at radius 3 is 2.61 bits per heavy atom. The van der Waals surface area contributed by atoms with Crippen molar-refractivity contribution in [2.75, 3.05) is 13.1 Å². The number of H-pyrrole nitrogens is 1. The molecule has 1 aliphatic carbocycles. The van der Waals surface area contributed by atoms with Gasteiger partial charge in [0.15, 0.2) is 5.82 Å². The number of hydrogen-bond acceptors (Lipinski definition) is 7. The molecular formula is C17H27ClN6O3S. The molecule has 28 heavy (non-hydrogen) atoms. The van der Waals surface area contributed by atoms with Crippen molar-refractivity contribution in [3.8, 4) is 0 Å². The van der Waals surface area contributed by atoms with Gasteiger partial charge in [0.1, 0.15) is 4.90 Å². The molecule has 0 spiro atoms. The second kappa shape index (κ2) is 7.74. The van der Waals surface area contributed by atoms with Gasteiger partial charge < -0.3 is 10.3 Å². The van der Waals surface area contributed by atoms with Gasteiger partial charge >= 0.3 is 0 Å². The second-order valence-corrected chi connectivity index (χ2v) is 9.66. The third-order valence-corrected chi connectivity index (χ3v) is 7.90. The summed E-state index contributed by atoms with van der Waals surface area (Å²) < 4.78 is 33.2. The average Bonchev–Trinajstić information content (AvgIpc) is 3.36. The van der Waals surface area contributed by atoms with Gasteiger partial charge in [-0.1, -0.05) is 18.0 Å². The molecule has 156 valence electrons. The highest BCUT2D eigenvalue weighted by Gasteiger charge is 2.39. The van der Waals surface area contributed by atoms with Gasteiger partial charge in [0.25, 0.3) is 0 Å². The first kappa shape index (κ1) is 21.2. The monoisotopic (exact) mass is 430 g/mol. The zero-order chi connectivity index (χ0) is 19.2. The Morgan fingerprint density at radius 2 is 1.96 bits per heavy atom. The highest BCUT2D eigenvalue weighted by Crippen LogP contribution is 2.36. The van der Waals surface area contributed by atoms with Crippen LogP contribution in [0.2, 0.25) is 0 Å². The summed E-state index contributed by atoms with van der Waals surface area (Å²) in [6, 6.07) is 0. The maximum atomic E-state index is 13.1.